The van der Waals surface area contributed by atoms with Gasteiger partial charge in [0.25, 0.3) is 0 Å². The van der Waals surface area contributed by atoms with Gasteiger partial charge in [0, 0.05) is 16.5 Å². The van der Waals surface area contributed by atoms with Crippen molar-refractivity contribution in [3.05, 3.63) is 41.1 Å². The molecule has 0 spiro atoms. The molecule has 0 fully saturated rings. The normalized spacial score (nSPS) is 12.1. The van der Waals surface area contributed by atoms with Gasteiger partial charge in [-0.2, -0.15) is 0 Å². The number of rotatable bonds is 0. The predicted octanol–water partition coefficient (Wildman–Crippen LogP) is 4.15. The maximum absolute atomic E-state index is 4.81. The van der Waals surface area contributed by atoms with Gasteiger partial charge in [0.15, 0.2) is 0 Å². The van der Waals surface area contributed by atoms with Gasteiger partial charge in [-0.3, -0.25) is 4.98 Å². The van der Waals surface area contributed by atoms with Crippen LogP contribution in [0, 0.1) is 13.8 Å². The van der Waals surface area contributed by atoms with E-state index in [-0.39, 0.29) is 5.41 Å². The van der Waals surface area contributed by atoms with E-state index in [9.17, 15) is 0 Å². The van der Waals surface area contributed by atoms with Gasteiger partial charge in [0.05, 0.1) is 5.52 Å². The summed E-state index contributed by atoms with van der Waals surface area (Å²) in [6.07, 6.45) is 0. The SMILES string of the molecule is Cc1c(C(C)(C)C)nc2ccccc2c1C. The molecule has 0 aliphatic rings. The first-order valence-electron chi connectivity index (χ1n) is 5.77. The molecule has 1 heteroatoms. The second-order valence-electron chi connectivity index (χ2n) is 5.48. The summed E-state index contributed by atoms with van der Waals surface area (Å²) in [5.74, 6) is 0. The molecule has 0 unspecified atom stereocenters. The number of benzene rings is 1. The molecular formula is C15H19N. The minimum Gasteiger partial charge on any atom is -0.252 e. The van der Waals surface area contributed by atoms with Crippen LogP contribution < -0.4 is 0 Å². The highest BCUT2D eigenvalue weighted by Gasteiger charge is 2.20. The minimum absolute atomic E-state index is 0.110. The third-order valence-electron chi connectivity index (χ3n) is 3.17. The van der Waals surface area contributed by atoms with Crippen LogP contribution in [0.5, 0.6) is 0 Å². The summed E-state index contributed by atoms with van der Waals surface area (Å²) >= 11 is 0. The molecular weight excluding hydrogens is 194 g/mol. The van der Waals surface area contributed by atoms with Crippen LogP contribution in [0.1, 0.15) is 37.6 Å². The molecule has 1 aromatic heterocycles. The van der Waals surface area contributed by atoms with Gasteiger partial charge in [-0.15, -0.1) is 0 Å². The third-order valence-corrected chi connectivity index (χ3v) is 3.17. The zero-order valence-corrected chi connectivity index (χ0v) is 10.8. The first-order valence-corrected chi connectivity index (χ1v) is 5.77. The van der Waals surface area contributed by atoms with Crippen molar-refractivity contribution in [2.24, 2.45) is 0 Å². The van der Waals surface area contributed by atoms with E-state index in [0.29, 0.717) is 0 Å². The average molecular weight is 213 g/mol. The third kappa shape index (κ3) is 1.71. The van der Waals surface area contributed by atoms with Crippen molar-refractivity contribution in [1.29, 1.82) is 0 Å². The van der Waals surface area contributed by atoms with Crippen LogP contribution in [-0.4, -0.2) is 4.98 Å². The Balaban J connectivity index is 2.84. The number of para-hydroxylation sites is 1. The van der Waals surface area contributed by atoms with Crippen LogP contribution in [0.25, 0.3) is 10.9 Å². The highest BCUT2D eigenvalue weighted by molar-refractivity contribution is 5.83. The first-order chi connectivity index (χ1) is 7.41. The van der Waals surface area contributed by atoms with Crippen molar-refractivity contribution in [2.75, 3.05) is 0 Å². The maximum atomic E-state index is 4.81. The Morgan fingerprint density at radius 2 is 1.56 bits per heavy atom. The Hall–Kier alpha value is -1.37. The number of fused-ring (bicyclic) bond motifs is 1. The van der Waals surface area contributed by atoms with Crippen molar-refractivity contribution in [2.45, 2.75) is 40.0 Å². The number of aryl methyl sites for hydroxylation is 1. The van der Waals surface area contributed by atoms with Crippen LogP contribution in [0.4, 0.5) is 0 Å². The zero-order valence-electron chi connectivity index (χ0n) is 10.8. The Labute approximate surface area is 97.5 Å². The van der Waals surface area contributed by atoms with Crippen LogP contribution >= 0.6 is 0 Å². The Kier molecular flexibility index (Phi) is 2.49. The maximum Gasteiger partial charge on any atom is 0.0708 e. The quantitative estimate of drug-likeness (QED) is 0.640. The van der Waals surface area contributed by atoms with Crippen molar-refractivity contribution in [3.8, 4) is 0 Å². The van der Waals surface area contributed by atoms with E-state index in [1.54, 1.807) is 0 Å². The number of hydrogen-bond acceptors (Lipinski definition) is 1. The van der Waals surface area contributed by atoms with Crippen LogP contribution in [-0.2, 0) is 5.41 Å². The lowest BCUT2D eigenvalue weighted by Gasteiger charge is -2.22. The molecule has 2 rings (SSSR count). The van der Waals surface area contributed by atoms with Gasteiger partial charge in [-0.25, -0.2) is 0 Å². The van der Waals surface area contributed by atoms with E-state index in [2.05, 4.69) is 58.9 Å². The molecule has 0 bridgehead atoms. The summed E-state index contributed by atoms with van der Waals surface area (Å²) in [6.45, 7) is 11.0. The van der Waals surface area contributed by atoms with Gasteiger partial charge in [0.1, 0.15) is 0 Å². The molecule has 1 aromatic carbocycles. The van der Waals surface area contributed by atoms with E-state index < -0.39 is 0 Å². The molecule has 0 saturated carbocycles. The molecule has 1 nitrogen and oxygen atoms in total. The van der Waals surface area contributed by atoms with Gasteiger partial charge in [-0.1, -0.05) is 39.0 Å². The van der Waals surface area contributed by atoms with Crippen molar-refractivity contribution in [3.63, 3.8) is 0 Å². The monoisotopic (exact) mass is 213 g/mol. The van der Waals surface area contributed by atoms with Gasteiger partial charge in [-0.05, 0) is 31.0 Å². The summed E-state index contributed by atoms with van der Waals surface area (Å²) in [7, 11) is 0. The second-order valence-corrected chi connectivity index (χ2v) is 5.48. The lowest BCUT2D eigenvalue weighted by molar-refractivity contribution is 0.566. The fourth-order valence-electron chi connectivity index (χ4n) is 2.20. The lowest BCUT2D eigenvalue weighted by Crippen LogP contribution is -2.16. The fourth-order valence-corrected chi connectivity index (χ4v) is 2.20. The second kappa shape index (κ2) is 3.58. The van der Waals surface area contributed by atoms with Crippen molar-refractivity contribution >= 4 is 10.9 Å². The highest BCUT2D eigenvalue weighted by atomic mass is 14.7. The highest BCUT2D eigenvalue weighted by Crippen LogP contribution is 2.29. The zero-order chi connectivity index (χ0) is 11.9. The van der Waals surface area contributed by atoms with Crippen molar-refractivity contribution in [1.82, 2.24) is 4.98 Å². The van der Waals surface area contributed by atoms with E-state index in [0.717, 1.165) is 5.52 Å². The number of pyridine rings is 1. The van der Waals surface area contributed by atoms with Crippen LogP contribution in [0.3, 0.4) is 0 Å². The number of aromatic nitrogens is 1. The average Bonchev–Trinajstić information content (AvgIpc) is 2.22. The molecule has 16 heavy (non-hydrogen) atoms. The topological polar surface area (TPSA) is 12.9 Å². The summed E-state index contributed by atoms with van der Waals surface area (Å²) in [5, 5.41) is 1.27. The summed E-state index contributed by atoms with van der Waals surface area (Å²) in [4.78, 5) is 4.81. The molecule has 0 N–H and O–H groups in total. The van der Waals surface area contributed by atoms with E-state index in [1.165, 1.54) is 22.2 Å². The Bertz CT molecular complexity index is 533. The molecule has 0 radical (unpaired) electrons. The van der Waals surface area contributed by atoms with Gasteiger partial charge < -0.3 is 0 Å². The number of hydrogen-bond donors (Lipinski definition) is 0. The number of nitrogens with zero attached hydrogens (tertiary/aromatic N) is 1. The lowest BCUT2D eigenvalue weighted by atomic mass is 9.86. The molecule has 0 atom stereocenters. The Morgan fingerprint density at radius 1 is 0.938 bits per heavy atom. The standard InChI is InChI=1S/C15H19N/c1-10-11(2)14(15(3,4)5)16-13-9-7-6-8-12(10)13/h6-9H,1-5H3. The van der Waals surface area contributed by atoms with Crippen molar-refractivity contribution < 1.29 is 0 Å². The molecule has 84 valence electrons. The molecule has 1 heterocycles. The van der Waals surface area contributed by atoms with Crippen LogP contribution in [0.15, 0.2) is 24.3 Å². The molecule has 2 aromatic rings. The summed E-state index contributed by atoms with van der Waals surface area (Å²) in [6, 6.07) is 8.37. The van der Waals surface area contributed by atoms with Gasteiger partial charge in [0.2, 0.25) is 0 Å². The largest absolute Gasteiger partial charge is 0.252 e. The minimum atomic E-state index is 0.110. The summed E-state index contributed by atoms with van der Waals surface area (Å²) < 4.78 is 0. The van der Waals surface area contributed by atoms with Crippen LogP contribution in [0.2, 0.25) is 0 Å². The molecule has 0 amide bonds. The molecule has 0 aliphatic heterocycles. The Morgan fingerprint density at radius 3 is 2.19 bits per heavy atom. The smallest absolute Gasteiger partial charge is 0.0708 e. The van der Waals surface area contributed by atoms with E-state index in [1.807, 2.05) is 0 Å². The fraction of sp³-hybridized carbons (Fsp3) is 0.400. The first kappa shape index (κ1) is 11.1. The van der Waals surface area contributed by atoms with E-state index >= 15 is 0 Å². The molecule has 0 saturated heterocycles. The molecule has 0 aliphatic carbocycles. The predicted molar refractivity (Wildman–Crippen MR) is 69.9 cm³/mol. The van der Waals surface area contributed by atoms with Gasteiger partial charge >= 0.3 is 0 Å². The van der Waals surface area contributed by atoms with E-state index in [4.69, 9.17) is 4.98 Å². The summed E-state index contributed by atoms with van der Waals surface area (Å²) in [5.41, 5.74) is 5.11.